The fraction of sp³-hybridized carbons (Fsp3) is 0.533. The van der Waals surface area contributed by atoms with E-state index in [9.17, 15) is 4.79 Å². The molecule has 0 aromatic carbocycles. The van der Waals surface area contributed by atoms with Crippen LogP contribution in [0.1, 0.15) is 19.3 Å². The lowest BCUT2D eigenvalue weighted by Crippen LogP contribution is -3.07. The molecule has 0 aliphatic carbocycles. The molecule has 23 heavy (non-hydrogen) atoms. The van der Waals surface area contributed by atoms with Crippen LogP contribution in [0.25, 0.3) is 0 Å². The van der Waals surface area contributed by atoms with E-state index < -0.39 is 0 Å². The first kappa shape index (κ1) is 16.7. The number of rotatable bonds is 1. The highest BCUT2D eigenvalue weighted by Gasteiger charge is 2.41. The van der Waals surface area contributed by atoms with Crippen LogP contribution in [0.15, 0.2) is 33.8 Å². The first-order valence-electron chi connectivity index (χ1n) is 7.72. The molecule has 2 amide bonds. The van der Waals surface area contributed by atoms with Crippen LogP contribution >= 0.6 is 15.9 Å². The Kier molecular flexibility index (Phi) is 4.62. The Morgan fingerprint density at radius 3 is 3.00 bits per heavy atom. The lowest BCUT2D eigenvalue weighted by molar-refractivity contribution is -0.685. The van der Waals surface area contributed by atoms with Gasteiger partial charge in [-0.05, 0) is 19.3 Å². The molecule has 124 valence electrons. The molecule has 4 aliphatic heterocycles. The van der Waals surface area contributed by atoms with Crippen LogP contribution in [0.3, 0.4) is 0 Å². The number of amides is 2. The Morgan fingerprint density at radius 2 is 2.17 bits per heavy atom. The van der Waals surface area contributed by atoms with E-state index in [1.165, 1.54) is 0 Å². The van der Waals surface area contributed by atoms with Crippen molar-refractivity contribution in [2.75, 3.05) is 20.1 Å². The smallest absolute Gasteiger partial charge is 0.320 e. The zero-order chi connectivity index (χ0) is 15.3. The average molecular weight is 401 g/mol. The van der Waals surface area contributed by atoms with Gasteiger partial charge in [-0.1, -0.05) is 0 Å². The van der Waals surface area contributed by atoms with Gasteiger partial charge in [-0.3, -0.25) is 4.99 Å². The van der Waals surface area contributed by atoms with Crippen molar-refractivity contribution in [1.29, 1.82) is 0 Å². The van der Waals surface area contributed by atoms with Gasteiger partial charge in [0, 0.05) is 48.0 Å². The lowest BCUT2D eigenvalue weighted by Gasteiger charge is -2.45. The molecule has 0 bridgehead atoms. The molecular weight excluding hydrogens is 382 g/mol. The van der Waals surface area contributed by atoms with E-state index >= 15 is 0 Å². The summed E-state index contributed by atoms with van der Waals surface area (Å²) in [6.07, 6.45) is 8.90. The first-order valence-corrected chi connectivity index (χ1v) is 8.52. The molecule has 8 heteroatoms. The van der Waals surface area contributed by atoms with Crippen molar-refractivity contribution in [2.45, 2.75) is 25.3 Å². The molecule has 0 radical (unpaired) electrons. The van der Waals surface area contributed by atoms with Gasteiger partial charge in [0.25, 0.3) is 4.74 Å². The topological polar surface area (TPSA) is 52.7 Å². The van der Waals surface area contributed by atoms with Gasteiger partial charge in [-0.25, -0.2) is 9.69 Å². The second kappa shape index (κ2) is 6.37. The molecule has 4 heterocycles. The normalized spacial score (nSPS) is 32.5. The van der Waals surface area contributed by atoms with Gasteiger partial charge in [-0.15, -0.1) is 0 Å². The summed E-state index contributed by atoms with van der Waals surface area (Å²) >= 11 is 3.55. The number of piperidine rings is 1. The van der Waals surface area contributed by atoms with Crippen LogP contribution < -0.4 is 17.3 Å². The average Bonchev–Trinajstić information content (AvgIpc) is 2.88. The van der Waals surface area contributed by atoms with E-state index in [0.29, 0.717) is 12.0 Å². The monoisotopic (exact) mass is 399 g/mol. The molecule has 4 aliphatic rings. The maximum absolute atomic E-state index is 12.4. The van der Waals surface area contributed by atoms with Crippen molar-refractivity contribution in [3.8, 4) is 0 Å². The number of halogens is 2. The largest absolute Gasteiger partial charge is 1.00 e. The predicted molar refractivity (Wildman–Crippen MR) is 87.8 cm³/mol. The van der Waals surface area contributed by atoms with Crippen LogP contribution in [-0.4, -0.2) is 53.0 Å². The highest BCUT2D eigenvalue weighted by Crippen LogP contribution is 2.33. The third-order valence-electron chi connectivity index (χ3n) is 5.00. The Hall–Kier alpha value is -1.18. The minimum Gasteiger partial charge on any atom is -1.00 e. The number of aliphatic imine (C=N–C) groups is 2. The summed E-state index contributed by atoms with van der Waals surface area (Å²) in [7, 11) is 1.89. The molecule has 3 unspecified atom stereocenters. The van der Waals surface area contributed by atoms with E-state index in [1.54, 1.807) is 6.20 Å². The third kappa shape index (κ3) is 2.75. The Labute approximate surface area is 150 Å². The van der Waals surface area contributed by atoms with Crippen LogP contribution in [0.4, 0.5) is 4.79 Å². The lowest BCUT2D eigenvalue weighted by atomic mass is 9.87. The number of allylic oxidation sites excluding steroid dienone is 1. The number of hydrogen-bond acceptors (Lipinski definition) is 3. The zero-order valence-electron chi connectivity index (χ0n) is 12.9. The molecule has 2 saturated heterocycles. The van der Waals surface area contributed by atoms with Gasteiger partial charge in [0.15, 0.2) is 5.70 Å². The van der Waals surface area contributed by atoms with Crippen LogP contribution in [-0.2, 0) is 0 Å². The van der Waals surface area contributed by atoms with Gasteiger partial charge >= 0.3 is 6.03 Å². The summed E-state index contributed by atoms with van der Waals surface area (Å²) < 4.78 is 0.879. The molecule has 0 spiro atoms. The standard InChI is InChI=1S/C15H18BrN5O.ClH/c1-19-6-4-11-3-2-10(9-21(11)15(19)22)13-12-8-17-5-7-20(12)14(16)18-13;/h5,7-8,10-11H,2-4,6,9H2,1H3;1H. The van der Waals surface area contributed by atoms with Gasteiger partial charge in [-0.2, -0.15) is 4.99 Å². The number of fused-ring (bicyclic) bond motifs is 2. The van der Waals surface area contributed by atoms with E-state index in [2.05, 4.69) is 20.9 Å². The van der Waals surface area contributed by atoms with Gasteiger partial charge < -0.3 is 22.2 Å². The number of carbonyl (C=O) groups excluding carboxylic acids is 1. The molecule has 2 fully saturated rings. The van der Waals surface area contributed by atoms with Crippen LogP contribution in [0, 0.1) is 5.92 Å². The SMILES string of the molecule is CN1CCC2CCC(C3=C4C=NC=C[NH+]4C(Br)=N3)CN2C1=O.[Cl-]. The molecule has 0 aromatic heterocycles. The number of amidine groups is 1. The Balaban J connectivity index is 0.00000156. The second-order valence-electron chi connectivity index (χ2n) is 6.28. The maximum Gasteiger partial charge on any atom is 0.320 e. The highest BCUT2D eigenvalue weighted by atomic mass is 79.9. The summed E-state index contributed by atoms with van der Waals surface area (Å²) in [6.45, 7) is 1.64. The van der Waals surface area contributed by atoms with Crippen molar-refractivity contribution < 1.29 is 22.1 Å². The molecule has 6 nitrogen and oxygen atoms in total. The summed E-state index contributed by atoms with van der Waals surface area (Å²) in [5.74, 6) is 0.296. The molecule has 1 N–H and O–H groups in total. The fourth-order valence-electron chi connectivity index (χ4n) is 3.76. The quantitative estimate of drug-likeness (QED) is 0.506. The predicted octanol–water partition coefficient (Wildman–Crippen LogP) is -2.06. The number of quaternary nitrogens is 1. The van der Waals surface area contributed by atoms with Gasteiger partial charge in [0.1, 0.15) is 11.9 Å². The number of hydrogen-bond donors (Lipinski definition) is 1. The van der Waals surface area contributed by atoms with E-state index in [-0.39, 0.29) is 18.4 Å². The summed E-state index contributed by atoms with van der Waals surface area (Å²) in [5, 5.41) is 0. The Morgan fingerprint density at radius 1 is 1.35 bits per heavy atom. The molecular formula is C15H19BrClN5O. The van der Waals surface area contributed by atoms with Crippen LogP contribution in [0.2, 0.25) is 0 Å². The van der Waals surface area contributed by atoms with Crippen molar-refractivity contribution in [3.63, 3.8) is 0 Å². The molecule has 4 rings (SSSR count). The van der Waals surface area contributed by atoms with E-state index in [4.69, 9.17) is 4.99 Å². The molecule has 3 atom stereocenters. The van der Waals surface area contributed by atoms with Crippen molar-refractivity contribution in [1.82, 2.24) is 9.80 Å². The Bertz CT molecular complexity index is 644. The van der Waals surface area contributed by atoms with Crippen molar-refractivity contribution in [2.24, 2.45) is 15.9 Å². The third-order valence-corrected chi connectivity index (χ3v) is 5.61. The molecule has 0 saturated carbocycles. The number of carbonyl (C=O) groups is 1. The van der Waals surface area contributed by atoms with Crippen molar-refractivity contribution >= 4 is 32.9 Å². The summed E-state index contributed by atoms with van der Waals surface area (Å²) in [5.41, 5.74) is 2.19. The van der Waals surface area contributed by atoms with E-state index in [0.717, 1.165) is 53.4 Å². The number of urea groups is 1. The van der Waals surface area contributed by atoms with Gasteiger partial charge in [0.2, 0.25) is 0 Å². The molecule has 0 aromatic rings. The number of nitrogens with zero attached hydrogens (tertiary/aromatic N) is 4. The second-order valence-corrected chi connectivity index (χ2v) is 7.03. The van der Waals surface area contributed by atoms with Gasteiger partial charge in [0.05, 0.1) is 12.4 Å². The van der Waals surface area contributed by atoms with Crippen molar-refractivity contribution in [3.05, 3.63) is 23.8 Å². The fourth-order valence-corrected chi connectivity index (χ4v) is 4.30. The summed E-state index contributed by atoms with van der Waals surface area (Å²) in [6, 6.07) is 0.566. The van der Waals surface area contributed by atoms with Crippen LogP contribution in [0.5, 0.6) is 0 Å². The van der Waals surface area contributed by atoms with E-state index in [1.807, 2.05) is 29.3 Å². The summed E-state index contributed by atoms with van der Waals surface area (Å²) in [4.78, 5) is 26.4. The highest BCUT2D eigenvalue weighted by molar-refractivity contribution is 9.18. The first-order chi connectivity index (χ1) is 10.6. The minimum atomic E-state index is 0. The maximum atomic E-state index is 12.4. The zero-order valence-corrected chi connectivity index (χ0v) is 15.2. The number of nitrogens with one attached hydrogen (secondary N) is 1. The minimum absolute atomic E-state index is 0.